The molecule has 0 aliphatic carbocycles. The predicted octanol–water partition coefficient (Wildman–Crippen LogP) is 5.65. The maximum Gasteiger partial charge on any atom is 0.154 e. The summed E-state index contributed by atoms with van der Waals surface area (Å²) in [7, 11) is 0. The lowest BCUT2D eigenvalue weighted by Crippen LogP contribution is -2.54. The zero-order chi connectivity index (χ0) is 22.6. The third kappa shape index (κ3) is 14.2. The van der Waals surface area contributed by atoms with E-state index in [0.29, 0.717) is 0 Å². The number of aliphatic hydroxyl groups is 3. The quantitative estimate of drug-likeness (QED) is 0.168. The Kier molecular flexibility index (Phi) is 18.3. The summed E-state index contributed by atoms with van der Waals surface area (Å²) in [5.74, 6) is 0. The molecule has 0 saturated carbocycles. The van der Waals surface area contributed by atoms with E-state index >= 15 is 0 Å². The second kappa shape index (κ2) is 20.0. The minimum absolute atomic E-state index is 0.0230. The van der Waals surface area contributed by atoms with Gasteiger partial charge in [-0.1, -0.05) is 103 Å². The molecule has 5 heteroatoms. The average Bonchev–Trinajstić information content (AvgIpc) is 2.78. The Balaban J connectivity index is 1.85. The minimum Gasteiger partial charge on any atom is -0.493 e. The minimum atomic E-state index is -1.04. The fourth-order valence-corrected chi connectivity index (χ4v) is 4.20. The summed E-state index contributed by atoms with van der Waals surface area (Å²) in [5.41, 5.74) is 0. The first-order valence-electron chi connectivity index (χ1n) is 13.1. The van der Waals surface area contributed by atoms with E-state index in [-0.39, 0.29) is 13.2 Å². The molecule has 31 heavy (non-hydrogen) atoms. The van der Waals surface area contributed by atoms with Gasteiger partial charge in [-0.15, -0.1) is 0 Å². The Labute approximate surface area is 191 Å². The van der Waals surface area contributed by atoms with Gasteiger partial charge in [0.15, 0.2) is 6.10 Å². The van der Waals surface area contributed by atoms with Crippen LogP contribution < -0.4 is 0 Å². The second-order valence-corrected chi connectivity index (χ2v) is 9.18. The summed E-state index contributed by atoms with van der Waals surface area (Å²) in [6.45, 7) is 2.06. The first-order valence-corrected chi connectivity index (χ1v) is 13.1. The van der Waals surface area contributed by atoms with Crippen molar-refractivity contribution in [2.75, 3.05) is 13.2 Å². The number of unbranched alkanes of at least 4 members (excludes halogenated alkanes) is 16. The number of allylic oxidation sites excluding steroid dienone is 1. The van der Waals surface area contributed by atoms with Crippen LogP contribution in [0.4, 0.5) is 0 Å². The van der Waals surface area contributed by atoms with Crippen molar-refractivity contribution >= 4 is 0 Å². The first kappa shape index (κ1) is 28.4. The molecule has 0 aromatic carbocycles. The van der Waals surface area contributed by atoms with Gasteiger partial charge < -0.3 is 24.8 Å². The molecule has 1 aliphatic heterocycles. The van der Waals surface area contributed by atoms with E-state index in [2.05, 4.69) is 6.92 Å². The average molecular weight is 443 g/mol. The van der Waals surface area contributed by atoms with Crippen LogP contribution in [0, 0.1) is 0 Å². The summed E-state index contributed by atoms with van der Waals surface area (Å²) in [6, 6.07) is 0. The molecule has 1 heterocycles. The van der Waals surface area contributed by atoms with Crippen LogP contribution in [0.3, 0.4) is 0 Å². The second-order valence-electron chi connectivity index (χ2n) is 9.18. The van der Waals surface area contributed by atoms with Gasteiger partial charge in [0, 0.05) is 0 Å². The lowest BCUT2D eigenvalue weighted by Gasteiger charge is -2.36. The molecule has 3 N–H and O–H groups in total. The summed E-state index contributed by atoms with van der Waals surface area (Å²) < 4.78 is 10.8. The molecular formula is C26H50O5. The molecule has 1 saturated heterocycles. The Hall–Kier alpha value is -0.620. The Morgan fingerprint density at radius 3 is 1.74 bits per heavy atom. The van der Waals surface area contributed by atoms with Gasteiger partial charge in [0.05, 0.1) is 19.5 Å². The fourth-order valence-electron chi connectivity index (χ4n) is 4.20. The smallest absolute Gasteiger partial charge is 0.154 e. The molecule has 184 valence electrons. The van der Waals surface area contributed by atoms with E-state index in [4.69, 9.17) is 9.47 Å². The van der Waals surface area contributed by atoms with E-state index in [0.717, 1.165) is 12.8 Å². The molecule has 5 nitrogen and oxygen atoms in total. The Morgan fingerprint density at radius 2 is 1.26 bits per heavy atom. The van der Waals surface area contributed by atoms with Gasteiger partial charge in [-0.2, -0.15) is 0 Å². The Morgan fingerprint density at radius 1 is 0.774 bits per heavy atom. The van der Waals surface area contributed by atoms with Gasteiger partial charge in [0.1, 0.15) is 18.3 Å². The zero-order valence-electron chi connectivity index (χ0n) is 20.1. The van der Waals surface area contributed by atoms with Crippen LogP contribution in [0.15, 0.2) is 12.3 Å². The molecule has 4 atom stereocenters. The Bertz CT molecular complexity index is 413. The molecule has 0 aromatic heterocycles. The molecule has 0 amide bonds. The van der Waals surface area contributed by atoms with Crippen molar-refractivity contribution in [1.82, 2.24) is 0 Å². The number of aliphatic hydroxyl groups excluding tert-OH is 3. The molecule has 0 unspecified atom stereocenters. The van der Waals surface area contributed by atoms with Gasteiger partial charge in [-0.05, 0) is 18.9 Å². The summed E-state index contributed by atoms with van der Waals surface area (Å²) in [4.78, 5) is 0. The van der Waals surface area contributed by atoms with Crippen molar-refractivity contribution in [3.63, 3.8) is 0 Å². The van der Waals surface area contributed by atoms with Crippen LogP contribution in [0.5, 0.6) is 0 Å². The number of ether oxygens (including phenoxy) is 2. The zero-order valence-corrected chi connectivity index (χ0v) is 20.1. The van der Waals surface area contributed by atoms with Crippen LogP contribution in [-0.4, -0.2) is 52.9 Å². The lowest BCUT2D eigenvalue weighted by atomic mass is 10.0. The molecule has 1 fully saturated rings. The van der Waals surface area contributed by atoms with Crippen LogP contribution in [0.1, 0.15) is 116 Å². The SMILES string of the molecule is CCCCCCCCCCCCCCCCCC/C=C/O[C@H]1[C@H](O)[C@@H](O)CO[C@@H]1CO. The van der Waals surface area contributed by atoms with Gasteiger partial charge >= 0.3 is 0 Å². The largest absolute Gasteiger partial charge is 0.493 e. The van der Waals surface area contributed by atoms with Crippen LogP contribution in [0.2, 0.25) is 0 Å². The highest BCUT2D eigenvalue weighted by Crippen LogP contribution is 2.19. The third-order valence-electron chi connectivity index (χ3n) is 6.31. The van der Waals surface area contributed by atoms with Gasteiger partial charge in [-0.25, -0.2) is 0 Å². The molecule has 0 bridgehead atoms. The van der Waals surface area contributed by atoms with Crippen LogP contribution >= 0.6 is 0 Å². The van der Waals surface area contributed by atoms with Crippen LogP contribution in [-0.2, 0) is 9.47 Å². The summed E-state index contributed by atoms with van der Waals surface area (Å²) in [6.07, 6.45) is 23.0. The predicted molar refractivity (Wildman–Crippen MR) is 127 cm³/mol. The van der Waals surface area contributed by atoms with Crippen LogP contribution in [0.25, 0.3) is 0 Å². The monoisotopic (exact) mass is 442 g/mol. The summed E-state index contributed by atoms with van der Waals surface area (Å²) in [5, 5.41) is 29.0. The van der Waals surface area contributed by atoms with E-state index in [1.54, 1.807) is 6.26 Å². The standard InChI is InChI=1S/C26H50O5/c1-2-3-4-5-6-7-8-9-10-11-12-13-14-15-16-17-18-19-20-30-26-24(21-27)31-22-23(28)25(26)29/h19-20,23-29H,2-18,21-22H2,1H3/b20-19+/t23-,24+,25+,26+/m0/s1. The highest BCUT2D eigenvalue weighted by molar-refractivity contribution is 4.89. The lowest BCUT2D eigenvalue weighted by molar-refractivity contribution is -0.197. The van der Waals surface area contributed by atoms with E-state index in [9.17, 15) is 15.3 Å². The van der Waals surface area contributed by atoms with Crippen molar-refractivity contribution in [3.8, 4) is 0 Å². The normalized spacial score (nSPS) is 24.1. The topological polar surface area (TPSA) is 79.2 Å². The molecule has 0 radical (unpaired) electrons. The molecular weight excluding hydrogens is 392 g/mol. The maximum atomic E-state index is 9.99. The van der Waals surface area contributed by atoms with Gasteiger partial charge in [0.2, 0.25) is 0 Å². The van der Waals surface area contributed by atoms with E-state index in [1.807, 2.05) is 6.08 Å². The maximum absolute atomic E-state index is 9.99. The van der Waals surface area contributed by atoms with Crippen molar-refractivity contribution in [2.24, 2.45) is 0 Å². The van der Waals surface area contributed by atoms with Crippen molar-refractivity contribution < 1.29 is 24.8 Å². The number of hydrogen-bond acceptors (Lipinski definition) is 5. The molecule has 0 spiro atoms. The molecule has 0 aromatic rings. The van der Waals surface area contributed by atoms with Crippen molar-refractivity contribution in [2.45, 2.75) is 140 Å². The number of hydrogen-bond donors (Lipinski definition) is 3. The first-order chi connectivity index (χ1) is 15.2. The molecule has 1 rings (SSSR count). The molecule has 1 aliphatic rings. The van der Waals surface area contributed by atoms with Crippen molar-refractivity contribution in [3.05, 3.63) is 12.3 Å². The van der Waals surface area contributed by atoms with E-state index in [1.165, 1.54) is 96.3 Å². The van der Waals surface area contributed by atoms with Gasteiger partial charge in [-0.3, -0.25) is 0 Å². The highest BCUT2D eigenvalue weighted by Gasteiger charge is 2.39. The summed E-state index contributed by atoms with van der Waals surface area (Å²) >= 11 is 0. The van der Waals surface area contributed by atoms with Gasteiger partial charge in [0.25, 0.3) is 0 Å². The number of rotatable bonds is 20. The fraction of sp³-hybridized carbons (Fsp3) is 0.923. The van der Waals surface area contributed by atoms with E-state index < -0.39 is 24.4 Å². The third-order valence-corrected chi connectivity index (χ3v) is 6.31. The highest BCUT2D eigenvalue weighted by atomic mass is 16.6. The van der Waals surface area contributed by atoms with Crippen molar-refractivity contribution in [1.29, 1.82) is 0 Å².